The van der Waals surface area contributed by atoms with E-state index >= 15 is 0 Å². The van der Waals surface area contributed by atoms with Crippen LogP contribution in [0.3, 0.4) is 0 Å². The van der Waals surface area contributed by atoms with Crippen LogP contribution in [0.4, 0.5) is 0 Å². The van der Waals surface area contributed by atoms with Crippen molar-refractivity contribution in [2.75, 3.05) is 19.5 Å². The van der Waals surface area contributed by atoms with E-state index in [1.807, 2.05) is 32.1 Å². The second kappa shape index (κ2) is 16.1. The fourth-order valence-electron chi connectivity index (χ4n) is 5.53. The van der Waals surface area contributed by atoms with Gasteiger partial charge in [-0.2, -0.15) is 5.10 Å². The van der Waals surface area contributed by atoms with E-state index in [1.54, 1.807) is 4.68 Å². The van der Waals surface area contributed by atoms with Crippen molar-refractivity contribution < 1.29 is 0 Å². The van der Waals surface area contributed by atoms with Gasteiger partial charge >= 0.3 is 0 Å². The Morgan fingerprint density at radius 2 is 1.83 bits per heavy atom. The molecule has 0 aliphatic heterocycles. The summed E-state index contributed by atoms with van der Waals surface area (Å²) in [5.41, 5.74) is 3.54. The van der Waals surface area contributed by atoms with Crippen molar-refractivity contribution in [3.63, 3.8) is 0 Å². The minimum Gasteiger partial charge on any atom is -0.351 e. The van der Waals surface area contributed by atoms with Crippen LogP contribution in [0.5, 0.6) is 0 Å². The highest BCUT2D eigenvalue weighted by molar-refractivity contribution is 6.31. The van der Waals surface area contributed by atoms with Crippen molar-refractivity contribution in [3.05, 3.63) is 68.7 Å². The van der Waals surface area contributed by atoms with Gasteiger partial charge in [-0.1, -0.05) is 44.5 Å². The molecule has 0 saturated heterocycles. The lowest BCUT2D eigenvalue weighted by atomic mass is 10.1. The maximum atomic E-state index is 13.4. The van der Waals surface area contributed by atoms with Crippen LogP contribution in [0.15, 0.2) is 40.2 Å². The Balaban J connectivity index is 0.00000237. The number of fused-ring (bicyclic) bond motifs is 1. The predicted octanol–water partition coefficient (Wildman–Crippen LogP) is 7.70. The van der Waals surface area contributed by atoms with Crippen molar-refractivity contribution in [1.29, 1.82) is 0 Å². The highest BCUT2D eigenvalue weighted by atomic mass is 35.5. The van der Waals surface area contributed by atoms with E-state index in [2.05, 4.69) is 66.0 Å². The maximum Gasteiger partial charge on any atom is 0.262 e. The lowest BCUT2D eigenvalue weighted by Crippen LogP contribution is -2.32. The van der Waals surface area contributed by atoms with Crippen LogP contribution < -0.4 is 5.56 Å². The minimum atomic E-state index is -0.399. The number of H-pyrrole nitrogens is 1. The molecule has 0 saturated carbocycles. The van der Waals surface area contributed by atoms with Crippen LogP contribution in [0.2, 0.25) is 0 Å². The van der Waals surface area contributed by atoms with Gasteiger partial charge < -0.3 is 14.5 Å². The van der Waals surface area contributed by atoms with E-state index in [0.717, 1.165) is 37.3 Å². The number of unbranched alkanes of at least 4 members (excludes halogenated alkanes) is 1. The summed E-state index contributed by atoms with van der Waals surface area (Å²) < 4.78 is 4.04. The summed E-state index contributed by atoms with van der Waals surface area (Å²) in [6, 6.07) is 4.64. The molecule has 1 aliphatic carbocycles. The number of aryl methyl sites for hydroxylation is 1. The zero-order valence-electron chi connectivity index (χ0n) is 26.1. The summed E-state index contributed by atoms with van der Waals surface area (Å²) in [6.45, 7) is 13.2. The lowest BCUT2D eigenvalue weighted by Gasteiger charge is -2.25. The molecule has 4 rings (SSSR count). The monoisotopic (exact) mass is 636 g/mol. The van der Waals surface area contributed by atoms with Gasteiger partial charge in [0.2, 0.25) is 0 Å². The number of nitrogens with one attached hydrogen (secondary N) is 1. The van der Waals surface area contributed by atoms with E-state index < -0.39 is 5.38 Å². The Labute approximate surface area is 265 Å². The standard InChI is InChI=1S/C31H44Cl2N6O.CH3Cl/c1-7-16-38(21(4)5)17-9-8-12-23-14-15-24(37(23)6)19-27-34-30-28(31(40)35-27)29(20(2)3)36-39(30)26-13-10-11-22(32)18-25(26)33;1-2/h10,13-15,18,20-21,25-26H,7-9,11-12,16-17,19H2,1-6H3,(H,34,35,40);1H3. The number of nitrogens with zero attached hydrogens (tertiary/aromatic N) is 5. The predicted molar refractivity (Wildman–Crippen MR) is 179 cm³/mol. The van der Waals surface area contributed by atoms with Gasteiger partial charge in [-0.3, -0.25) is 4.79 Å². The smallest absolute Gasteiger partial charge is 0.262 e. The summed E-state index contributed by atoms with van der Waals surface area (Å²) in [5, 5.41) is 5.68. The average Bonchev–Trinajstić information content (AvgIpc) is 3.44. The molecular weight excluding hydrogens is 591 g/mol. The minimum absolute atomic E-state index is 0.0604. The molecule has 1 aliphatic rings. The van der Waals surface area contributed by atoms with Gasteiger partial charge in [0, 0.05) is 48.7 Å². The molecule has 3 aromatic heterocycles. The molecule has 0 radical (unpaired) electrons. The number of alkyl halides is 2. The Bertz CT molecular complexity index is 1420. The normalized spacial score (nSPS) is 17.2. The van der Waals surface area contributed by atoms with E-state index in [-0.39, 0.29) is 17.5 Å². The number of hydrogen-bond acceptors (Lipinski definition) is 4. The molecule has 3 aromatic rings. The van der Waals surface area contributed by atoms with E-state index in [9.17, 15) is 4.79 Å². The topological polar surface area (TPSA) is 71.7 Å². The first-order valence-corrected chi connectivity index (χ1v) is 16.6. The Morgan fingerprint density at radius 1 is 1.12 bits per heavy atom. The third-order valence-corrected chi connectivity index (χ3v) is 8.49. The summed E-state index contributed by atoms with van der Waals surface area (Å²) >= 11 is 17.7. The molecule has 0 amide bonds. The zero-order valence-corrected chi connectivity index (χ0v) is 28.4. The molecule has 3 heterocycles. The molecule has 2 atom stereocenters. The summed E-state index contributed by atoms with van der Waals surface area (Å²) in [7, 11) is 2.10. The molecule has 1 N–H and O–H groups in total. The van der Waals surface area contributed by atoms with Gasteiger partial charge in [0.05, 0.1) is 17.1 Å². The third-order valence-electron chi connectivity index (χ3n) is 7.83. The van der Waals surface area contributed by atoms with Gasteiger partial charge in [-0.05, 0) is 76.7 Å². The molecular formula is C32H47Cl3N6O. The van der Waals surface area contributed by atoms with Crippen LogP contribution in [0.1, 0.15) is 95.2 Å². The molecule has 2 unspecified atom stereocenters. The molecule has 10 heteroatoms. The van der Waals surface area contributed by atoms with Gasteiger partial charge in [-0.25, -0.2) is 9.67 Å². The van der Waals surface area contributed by atoms with Gasteiger partial charge in [0.15, 0.2) is 5.65 Å². The average molecular weight is 638 g/mol. The zero-order chi connectivity index (χ0) is 31.0. The highest BCUT2D eigenvalue weighted by Gasteiger charge is 2.27. The van der Waals surface area contributed by atoms with E-state index in [1.165, 1.54) is 24.9 Å². The fraction of sp³-hybridized carbons (Fsp3) is 0.594. The third kappa shape index (κ3) is 8.31. The van der Waals surface area contributed by atoms with Gasteiger partial charge in [0.1, 0.15) is 11.2 Å². The van der Waals surface area contributed by atoms with Crippen molar-refractivity contribution in [2.45, 2.75) is 96.5 Å². The second-order valence-electron chi connectivity index (χ2n) is 11.5. The number of aromatic nitrogens is 5. The SMILES string of the molecule is CCCN(CCCCc1ccc(Cc2nc3c(c(C(C)C)nn3C3C=CCC(Cl)=CC3Cl)c(=O)[nH]2)n1C)C(C)C.CCl. The molecule has 0 aromatic carbocycles. The maximum absolute atomic E-state index is 13.4. The number of aromatic amines is 1. The molecule has 7 nitrogen and oxygen atoms in total. The van der Waals surface area contributed by atoms with Crippen molar-refractivity contribution in [3.8, 4) is 0 Å². The van der Waals surface area contributed by atoms with Gasteiger partial charge in [0.25, 0.3) is 5.56 Å². The quantitative estimate of drug-likeness (QED) is 0.126. The summed E-state index contributed by atoms with van der Waals surface area (Å²) in [4.78, 5) is 23.9. The lowest BCUT2D eigenvalue weighted by molar-refractivity contribution is 0.218. The number of allylic oxidation sites excluding steroid dienone is 4. The molecule has 0 bridgehead atoms. The summed E-state index contributed by atoms with van der Waals surface area (Å²) in [5.74, 6) is 0.677. The van der Waals surface area contributed by atoms with Crippen LogP contribution in [0, 0.1) is 0 Å². The first kappa shape index (κ1) is 34.4. The Morgan fingerprint density at radius 3 is 2.50 bits per heavy atom. The van der Waals surface area contributed by atoms with Crippen LogP contribution in [-0.4, -0.2) is 60.1 Å². The first-order valence-electron chi connectivity index (χ1n) is 15.0. The Kier molecular flexibility index (Phi) is 13.2. The molecule has 0 fully saturated rings. The van der Waals surface area contributed by atoms with E-state index in [4.69, 9.17) is 33.3 Å². The van der Waals surface area contributed by atoms with Crippen molar-refractivity contribution >= 4 is 45.8 Å². The number of rotatable bonds is 12. The van der Waals surface area contributed by atoms with Crippen molar-refractivity contribution in [2.24, 2.45) is 7.05 Å². The number of halogens is 3. The molecule has 0 spiro atoms. The molecule has 232 valence electrons. The molecule has 42 heavy (non-hydrogen) atoms. The van der Waals surface area contributed by atoms with Crippen LogP contribution in [0.25, 0.3) is 11.0 Å². The fourth-order valence-corrected chi connectivity index (χ4v) is 6.16. The largest absolute Gasteiger partial charge is 0.351 e. The van der Waals surface area contributed by atoms with Crippen LogP contribution >= 0.6 is 34.8 Å². The van der Waals surface area contributed by atoms with E-state index in [0.29, 0.717) is 40.8 Å². The van der Waals surface area contributed by atoms with Crippen LogP contribution in [-0.2, 0) is 19.9 Å². The van der Waals surface area contributed by atoms with Crippen molar-refractivity contribution in [1.82, 2.24) is 29.2 Å². The highest BCUT2D eigenvalue weighted by Crippen LogP contribution is 2.31. The van der Waals surface area contributed by atoms with Gasteiger partial charge in [-0.15, -0.1) is 23.2 Å². The first-order chi connectivity index (χ1) is 20.1. The number of hydrogen-bond donors (Lipinski definition) is 1. The second-order valence-corrected chi connectivity index (χ2v) is 12.5. The summed E-state index contributed by atoms with van der Waals surface area (Å²) in [6.07, 6.45) is 13.0. The Hall–Kier alpha value is -2.06.